The van der Waals surface area contributed by atoms with E-state index in [1.807, 2.05) is 0 Å². The molecule has 0 saturated carbocycles. The number of nitrogens with zero attached hydrogens (tertiary/aromatic N) is 3. The van der Waals surface area contributed by atoms with Crippen molar-refractivity contribution in [1.29, 1.82) is 0 Å². The van der Waals surface area contributed by atoms with Gasteiger partial charge in [0.15, 0.2) is 0 Å². The molecule has 2 saturated heterocycles. The third-order valence-corrected chi connectivity index (χ3v) is 6.07. The Kier molecular flexibility index (Phi) is 5.95. The number of likely N-dealkylation sites (tertiary alicyclic amines) is 1. The average Bonchev–Trinajstić information content (AvgIpc) is 2.76. The van der Waals surface area contributed by atoms with Gasteiger partial charge in [-0.2, -0.15) is 0 Å². The Bertz CT molecular complexity index is 687. The number of piperidine rings is 1. The van der Waals surface area contributed by atoms with Gasteiger partial charge in [0.2, 0.25) is 0 Å². The van der Waals surface area contributed by atoms with Gasteiger partial charge in [-0.1, -0.05) is 30.3 Å². The zero-order chi connectivity index (χ0) is 18.5. The number of anilines is 1. The molecule has 0 amide bonds. The number of benzene rings is 2. The molecule has 0 N–H and O–H groups in total. The van der Waals surface area contributed by atoms with E-state index in [0.29, 0.717) is 0 Å². The van der Waals surface area contributed by atoms with Gasteiger partial charge in [-0.15, -0.1) is 0 Å². The number of methoxy groups -OCH3 is 1. The summed E-state index contributed by atoms with van der Waals surface area (Å²) in [6, 6.07) is 20.1. The minimum Gasteiger partial charge on any atom is -0.497 e. The van der Waals surface area contributed by atoms with E-state index in [1.54, 1.807) is 7.11 Å². The van der Waals surface area contributed by atoms with Crippen molar-refractivity contribution < 1.29 is 4.74 Å². The Morgan fingerprint density at radius 2 is 1.48 bits per heavy atom. The second kappa shape index (κ2) is 8.77. The highest BCUT2D eigenvalue weighted by Gasteiger charge is 2.27. The molecule has 4 nitrogen and oxygen atoms in total. The molecule has 2 aliphatic rings. The van der Waals surface area contributed by atoms with Crippen LogP contribution in [-0.4, -0.2) is 62.2 Å². The van der Waals surface area contributed by atoms with E-state index >= 15 is 0 Å². The van der Waals surface area contributed by atoms with Crippen molar-refractivity contribution in [2.75, 3.05) is 51.3 Å². The number of ether oxygens (including phenoxy) is 1. The lowest BCUT2D eigenvalue weighted by atomic mass is 10.0. The van der Waals surface area contributed by atoms with Crippen LogP contribution in [0.25, 0.3) is 0 Å². The number of para-hydroxylation sites is 1. The zero-order valence-corrected chi connectivity index (χ0v) is 16.4. The van der Waals surface area contributed by atoms with Gasteiger partial charge in [0.05, 0.1) is 7.11 Å². The summed E-state index contributed by atoms with van der Waals surface area (Å²) in [4.78, 5) is 7.85. The zero-order valence-electron chi connectivity index (χ0n) is 16.4. The van der Waals surface area contributed by atoms with Crippen molar-refractivity contribution >= 4 is 5.69 Å². The summed E-state index contributed by atoms with van der Waals surface area (Å²) in [7, 11) is 1.72. The SMILES string of the molecule is COc1ccc(CN2CCC(N3CCN(c4ccccc4)CC3)CC2)cc1. The Labute approximate surface area is 163 Å². The molecule has 0 atom stereocenters. The van der Waals surface area contributed by atoms with Crippen LogP contribution < -0.4 is 9.64 Å². The molecule has 2 aromatic rings. The molecule has 0 radical (unpaired) electrons. The van der Waals surface area contributed by atoms with Crippen LogP contribution in [0.3, 0.4) is 0 Å². The van der Waals surface area contributed by atoms with E-state index < -0.39 is 0 Å². The van der Waals surface area contributed by atoms with Gasteiger partial charge in [0, 0.05) is 44.5 Å². The maximum atomic E-state index is 5.25. The fourth-order valence-corrected chi connectivity index (χ4v) is 4.42. The summed E-state index contributed by atoms with van der Waals surface area (Å²) < 4.78 is 5.25. The van der Waals surface area contributed by atoms with Gasteiger partial charge in [0.25, 0.3) is 0 Å². The van der Waals surface area contributed by atoms with Gasteiger partial charge >= 0.3 is 0 Å². The second-order valence-electron chi connectivity index (χ2n) is 7.71. The van der Waals surface area contributed by atoms with E-state index in [1.165, 1.54) is 50.3 Å². The first-order valence-corrected chi connectivity index (χ1v) is 10.2. The first kappa shape index (κ1) is 18.3. The number of hydrogen-bond donors (Lipinski definition) is 0. The van der Waals surface area contributed by atoms with Gasteiger partial charge in [-0.25, -0.2) is 0 Å². The highest BCUT2D eigenvalue weighted by atomic mass is 16.5. The lowest BCUT2D eigenvalue weighted by molar-refractivity contribution is 0.0998. The summed E-state index contributed by atoms with van der Waals surface area (Å²) >= 11 is 0. The van der Waals surface area contributed by atoms with E-state index in [0.717, 1.165) is 31.4 Å². The maximum absolute atomic E-state index is 5.25. The molecule has 0 aliphatic carbocycles. The van der Waals surface area contributed by atoms with Crippen molar-refractivity contribution in [1.82, 2.24) is 9.80 Å². The number of hydrogen-bond acceptors (Lipinski definition) is 4. The molecule has 0 bridgehead atoms. The Morgan fingerprint density at radius 3 is 2.11 bits per heavy atom. The number of rotatable bonds is 5. The maximum Gasteiger partial charge on any atom is 0.118 e. The van der Waals surface area contributed by atoms with Crippen molar-refractivity contribution in [2.45, 2.75) is 25.4 Å². The van der Waals surface area contributed by atoms with Crippen molar-refractivity contribution in [3.63, 3.8) is 0 Å². The minimum atomic E-state index is 0.759. The summed E-state index contributed by atoms with van der Waals surface area (Å²) in [5, 5.41) is 0. The highest BCUT2D eigenvalue weighted by molar-refractivity contribution is 5.46. The second-order valence-corrected chi connectivity index (χ2v) is 7.71. The van der Waals surface area contributed by atoms with Gasteiger partial charge in [-0.05, 0) is 55.8 Å². The van der Waals surface area contributed by atoms with Crippen LogP contribution in [-0.2, 0) is 6.54 Å². The lowest BCUT2D eigenvalue weighted by Crippen LogP contribution is -2.53. The Balaban J connectivity index is 1.22. The molecule has 0 unspecified atom stereocenters. The smallest absolute Gasteiger partial charge is 0.118 e. The highest BCUT2D eigenvalue weighted by Crippen LogP contribution is 2.22. The molecular weight excluding hydrogens is 334 g/mol. The van der Waals surface area contributed by atoms with Crippen molar-refractivity contribution in [3.05, 3.63) is 60.2 Å². The van der Waals surface area contributed by atoms with Gasteiger partial charge in [-0.3, -0.25) is 9.80 Å². The van der Waals surface area contributed by atoms with Crippen LogP contribution in [0.5, 0.6) is 5.75 Å². The third kappa shape index (κ3) is 4.63. The molecule has 2 fully saturated rings. The van der Waals surface area contributed by atoms with E-state index in [9.17, 15) is 0 Å². The molecule has 144 valence electrons. The van der Waals surface area contributed by atoms with Crippen molar-refractivity contribution in [3.8, 4) is 5.75 Å². The summed E-state index contributed by atoms with van der Waals surface area (Å²) in [5.74, 6) is 0.937. The molecule has 4 heteroatoms. The molecule has 2 aromatic carbocycles. The normalized spacial score (nSPS) is 20.0. The molecular formula is C23H31N3O. The quantitative estimate of drug-likeness (QED) is 0.807. The van der Waals surface area contributed by atoms with Crippen molar-refractivity contribution in [2.24, 2.45) is 0 Å². The van der Waals surface area contributed by atoms with Crippen LogP contribution in [0.15, 0.2) is 54.6 Å². The molecule has 2 aliphatic heterocycles. The first-order valence-electron chi connectivity index (χ1n) is 10.2. The van der Waals surface area contributed by atoms with E-state index in [-0.39, 0.29) is 0 Å². The molecule has 4 rings (SSSR count). The van der Waals surface area contributed by atoms with Crippen LogP contribution in [0, 0.1) is 0 Å². The minimum absolute atomic E-state index is 0.759. The fraction of sp³-hybridized carbons (Fsp3) is 0.478. The van der Waals surface area contributed by atoms with E-state index in [4.69, 9.17) is 4.74 Å². The standard InChI is InChI=1S/C23H31N3O/c1-27-23-9-7-20(8-10-23)19-24-13-11-22(12-14-24)26-17-15-25(16-18-26)21-5-3-2-4-6-21/h2-10,22H,11-19H2,1H3. The van der Waals surface area contributed by atoms with Crippen LogP contribution >= 0.6 is 0 Å². The van der Waals surface area contributed by atoms with Crippen LogP contribution in [0.4, 0.5) is 5.69 Å². The van der Waals surface area contributed by atoms with Gasteiger partial charge in [0.1, 0.15) is 5.75 Å². The predicted molar refractivity (Wildman–Crippen MR) is 112 cm³/mol. The topological polar surface area (TPSA) is 19.0 Å². The summed E-state index contributed by atoms with van der Waals surface area (Å²) in [6.45, 7) is 8.14. The first-order chi connectivity index (χ1) is 13.3. The lowest BCUT2D eigenvalue weighted by Gasteiger charge is -2.43. The number of piperazine rings is 1. The van der Waals surface area contributed by atoms with Gasteiger partial charge < -0.3 is 9.64 Å². The predicted octanol–water partition coefficient (Wildman–Crippen LogP) is 3.48. The fourth-order valence-electron chi connectivity index (χ4n) is 4.42. The summed E-state index contributed by atoms with van der Waals surface area (Å²) in [5.41, 5.74) is 2.75. The average molecular weight is 366 g/mol. The Morgan fingerprint density at radius 1 is 0.815 bits per heavy atom. The molecule has 27 heavy (non-hydrogen) atoms. The molecule has 0 aromatic heterocycles. The largest absolute Gasteiger partial charge is 0.497 e. The van der Waals surface area contributed by atoms with Crippen LogP contribution in [0.2, 0.25) is 0 Å². The molecule has 0 spiro atoms. The van der Waals surface area contributed by atoms with E-state index in [2.05, 4.69) is 69.3 Å². The third-order valence-electron chi connectivity index (χ3n) is 6.07. The molecule has 2 heterocycles. The summed E-state index contributed by atoms with van der Waals surface area (Å²) in [6.07, 6.45) is 2.59. The Hall–Kier alpha value is -2.04. The van der Waals surface area contributed by atoms with Crippen LogP contribution in [0.1, 0.15) is 18.4 Å². The monoisotopic (exact) mass is 365 g/mol.